The lowest BCUT2D eigenvalue weighted by molar-refractivity contribution is 0.216. The van der Waals surface area contributed by atoms with Crippen LogP contribution < -0.4 is 0 Å². The van der Waals surface area contributed by atoms with Crippen molar-refractivity contribution in [2.75, 3.05) is 6.54 Å². The van der Waals surface area contributed by atoms with Crippen LogP contribution in [0.15, 0.2) is 52.4 Å². The minimum atomic E-state index is -3.71. The van der Waals surface area contributed by atoms with Crippen molar-refractivity contribution in [2.24, 2.45) is 7.05 Å². The second-order valence-electron chi connectivity index (χ2n) is 6.98. The molecule has 148 valence electrons. The van der Waals surface area contributed by atoms with E-state index in [9.17, 15) is 8.42 Å². The SMILES string of the molecule is Cn1cnc(S(=O)(=O)N2CCCC[C@H]2c2ncc(Cc3cccc(Cl)c3)o2)c1. The lowest BCUT2D eigenvalue weighted by Gasteiger charge is -2.31. The van der Waals surface area contributed by atoms with Crippen LogP contribution in [0.5, 0.6) is 0 Å². The summed E-state index contributed by atoms with van der Waals surface area (Å²) in [6, 6.07) is 7.12. The fraction of sp³-hybridized carbons (Fsp3) is 0.368. The van der Waals surface area contributed by atoms with E-state index in [1.807, 2.05) is 24.3 Å². The van der Waals surface area contributed by atoms with Crippen LogP contribution in [0, 0.1) is 0 Å². The van der Waals surface area contributed by atoms with E-state index < -0.39 is 16.1 Å². The number of piperidine rings is 1. The van der Waals surface area contributed by atoms with Crippen LogP contribution in [0.25, 0.3) is 0 Å². The lowest BCUT2D eigenvalue weighted by Crippen LogP contribution is -2.38. The number of rotatable bonds is 5. The summed E-state index contributed by atoms with van der Waals surface area (Å²) in [6.07, 6.45) is 7.61. The average molecular weight is 421 g/mol. The maximum Gasteiger partial charge on any atom is 0.262 e. The van der Waals surface area contributed by atoms with Crippen LogP contribution in [-0.4, -0.2) is 33.8 Å². The standard InChI is InChI=1S/C19H21ClN4O3S/c1-23-12-18(22-13-23)28(25,26)24-8-3-2-7-17(24)19-21-11-16(27-19)10-14-5-4-6-15(20)9-14/h4-6,9,11-13,17H,2-3,7-8,10H2,1H3/t17-/m0/s1. The predicted octanol–water partition coefficient (Wildman–Crippen LogP) is 3.57. The molecule has 0 unspecified atom stereocenters. The molecule has 1 atom stereocenters. The summed E-state index contributed by atoms with van der Waals surface area (Å²) in [6.45, 7) is 0.426. The molecule has 1 fully saturated rings. The van der Waals surface area contributed by atoms with Crippen LogP contribution in [-0.2, 0) is 23.5 Å². The van der Waals surface area contributed by atoms with E-state index in [2.05, 4.69) is 9.97 Å². The highest BCUT2D eigenvalue weighted by Gasteiger charge is 2.38. The Morgan fingerprint density at radius 2 is 2.14 bits per heavy atom. The molecule has 0 saturated carbocycles. The van der Waals surface area contributed by atoms with Crippen molar-refractivity contribution in [1.82, 2.24) is 18.8 Å². The highest BCUT2D eigenvalue weighted by Crippen LogP contribution is 2.35. The molecule has 1 aliphatic rings. The number of nitrogens with zero attached hydrogens (tertiary/aromatic N) is 4. The summed E-state index contributed by atoms with van der Waals surface area (Å²) in [5.41, 5.74) is 1.01. The molecule has 1 aliphatic heterocycles. The van der Waals surface area contributed by atoms with E-state index in [0.717, 1.165) is 18.4 Å². The first-order valence-corrected chi connectivity index (χ1v) is 10.9. The van der Waals surface area contributed by atoms with Crippen molar-refractivity contribution < 1.29 is 12.8 Å². The van der Waals surface area contributed by atoms with Gasteiger partial charge in [-0.1, -0.05) is 30.2 Å². The average Bonchev–Trinajstić information content (AvgIpc) is 3.31. The zero-order chi connectivity index (χ0) is 19.7. The number of aryl methyl sites for hydroxylation is 1. The van der Waals surface area contributed by atoms with Gasteiger partial charge in [-0.25, -0.2) is 18.4 Å². The summed E-state index contributed by atoms with van der Waals surface area (Å²) in [5.74, 6) is 1.11. The maximum absolute atomic E-state index is 13.1. The van der Waals surface area contributed by atoms with Gasteiger partial charge in [-0.05, 0) is 30.5 Å². The first kappa shape index (κ1) is 19.2. The molecule has 0 spiro atoms. The third-order valence-corrected chi connectivity index (χ3v) is 6.86. The Hall–Kier alpha value is -2.16. The molecule has 0 N–H and O–H groups in total. The summed E-state index contributed by atoms with van der Waals surface area (Å²) in [4.78, 5) is 8.42. The summed E-state index contributed by atoms with van der Waals surface area (Å²) in [7, 11) is -1.96. The smallest absolute Gasteiger partial charge is 0.262 e. The Balaban J connectivity index is 1.59. The molecule has 2 aromatic heterocycles. The third kappa shape index (κ3) is 3.85. The van der Waals surface area contributed by atoms with Gasteiger partial charge < -0.3 is 8.98 Å². The Bertz CT molecular complexity index is 1080. The van der Waals surface area contributed by atoms with Crippen molar-refractivity contribution in [1.29, 1.82) is 0 Å². The predicted molar refractivity (Wildman–Crippen MR) is 104 cm³/mol. The van der Waals surface area contributed by atoms with Gasteiger partial charge in [-0.2, -0.15) is 4.31 Å². The van der Waals surface area contributed by atoms with Gasteiger partial charge in [0.25, 0.3) is 10.0 Å². The Kier molecular flexibility index (Phi) is 5.27. The molecule has 4 rings (SSSR count). The van der Waals surface area contributed by atoms with E-state index in [1.54, 1.807) is 17.8 Å². The van der Waals surface area contributed by atoms with Crippen molar-refractivity contribution in [3.8, 4) is 0 Å². The second kappa shape index (κ2) is 7.69. The van der Waals surface area contributed by atoms with Crippen molar-refractivity contribution >= 4 is 21.6 Å². The number of oxazole rings is 1. The first-order valence-electron chi connectivity index (χ1n) is 9.12. The van der Waals surface area contributed by atoms with E-state index in [1.165, 1.54) is 16.8 Å². The van der Waals surface area contributed by atoms with Crippen molar-refractivity contribution in [3.05, 3.63) is 65.2 Å². The molecule has 1 aromatic carbocycles. The first-order chi connectivity index (χ1) is 13.4. The van der Waals surface area contributed by atoms with Crippen LogP contribution in [0.2, 0.25) is 5.02 Å². The molecule has 3 heterocycles. The zero-order valence-electron chi connectivity index (χ0n) is 15.5. The topological polar surface area (TPSA) is 81.2 Å². The Labute approximate surface area is 169 Å². The number of imidazole rings is 1. The molecule has 9 heteroatoms. The van der Waals surface area contributed by atoms with Crippen molar-refractivity contribution in [2.45, 2.75) is 36.8 Å². The number of aromatic nitrogens is 3. The summed E-state index contributed by atoms with van der Waals surface area (Å²) in [5, 5.41) is 0.713. The number of hydrogen-bond acceptors (Lipinski definition) is 5. The second-order valence-corrected chi connectivity index (χ2v) is 9.25. The molecular formula is C19H21ClN4O3S. The van der Waals surface area contributed by atoms with Crippen molar-refractivity contribution in [3.63, 3.8) is 0 Å². The monoisotopic (exact) mass is 420 g/mol. The van der Waals surface area contributed by atoms with Gasteiger partial charge in [-0.3, -0.25) is 0 Å². The van der Waals surface area contributed by atoms with Gasteiger partial charge in [0.05, 0.1) is 12.5 Å². The fourth-order valence-corrected chi connectivity index (χ4v) is 5.32. The maximum atomic E-state index is 13.1. The van der Waals surface area contributed by atoms with Crippen LogP contribution >= 0.6 is 11.6 Å². The Morgan fingerprint density at radius 3 is 2.89 bits per heavy atom. The van der Waals surface area contributed by atoms with Crippen LogP contribution in [0.4, 0.5) is 0 Å². The van der Waals surface area contributed by atoms with Gasteiger partial charge in [0.15, 0.2) is 5.03 Å². The number of sulfonamides is 1. The van der Waals surface area contributed by atoms with E-state index >= 15 is 0 Å². The van der Waals surface area contributed by atoms with Crippen LogP contribution in [0.1, 0.15) is 42.5 Å². The van der Waals surface area contributed by atoms with Gasteiger partial charge in [-0.15, -0.1) is 0 Å². The quantitative estimate of drug-likeness (QED) is 0.630. The number of benzene rings is 1. The molecule has 28 heavy (non-hydrogen) atoms. The van der Waals surface area contributed by atoms with Crippen LogP contribution in [0.3, 0.4) is 0 Å². The van der Waals surface area contributed by atoms with Gasteiger partial charge in [0.2, 0.25) is 5.89 Å². The minimum absolute atomic E-state index is 0.0487. The van der Waals surface area contributed by atoms with E-state index in [0.29, 0.717) is 36.1 Å². The summed E-state index contributed by atoms with van der Waals surface area (Å²) >= 11 is 6.04. The molecule has 0 amide bonds. The molecule has 0 bridgehead atoms. The van der Waals surface area contributed by atoms with E-state index in [4.69, 9.17) is 16.0 Å². The fourth-order valence-electron chi connectivity index (χ4n) is 3.49. The molecule has 0 radical (unpaired) electrons. The number of halogens is 1. The summed E-state index contributed by atoms with van der Waals surface area (Å²) < 4.78 is 35.2. The minimum Gasteiger partial charge on any atom is -0.444 e. The largest absolute Gasteiger partial charge is 0.444 e. The normalized spacial score (nSPS) is 18.4. The molecule has 0 aliphatic carbocycles. The lowest BCUT2D eigenvalue weighted by atomic mass is 10.1. The molecular weight excluding hydrogens is 400 g/mol. The van der Waals surface area contributed by atoms with E-state index in [-0.39, 0.29) is 5.03 Å². The third-order valence-electron chi connectivity index (χ3n) is 4.83. The zero-order valence-corrected chi connectivity index (χ0v) is 17.0. The molecule has 7 nitrogen and oxygen atoms in total. The highest BCUT2D eigenvalue weighted by molar-refractivity contribution is 7.89. The molecule has 1 saturated heterocycles. The Morgan fingerprint density at radius 1 is 1.29 bits per heavy atom. The highest BCUT2D eigenvalue weighted by atomic mass is 35.5. The molecule has 3 aromatic rings. The van der Waals surface area contributed by atoms with Gasteiger partial charge >= 0.3 is 0 Å². The van der Waals surface area contributed by atoms with Gasteiger partial charge in [0, 0.05) is 31.2 Å². The van der Waals surface area contributed by atoms with Gasteiger partial charge in [0.1, 0.15) is 11.8 Å². The number of hydrogen-bond donors (Lipinski definition) is 0.